The van der Waals surface area contributed by atoms with Crippen LogP contribution in [0.15, 0.2) is 171 Å². The number of nitrogen functional groups attached to an aromatic ring is 1. The number of nitrogens with two attached hydrogens (primary N) is 1. The lowest BCUT2D eigenvalue weighted by Gasteiger charge is -2.27. The number of anilines is 1. The van der Waals surface area contributed by atoms with Gasteiger partial charge in [-0.05, 0) is 184 Å². The number of para-hydroxylation sites is 1. The van der Waals surface area contributed by atoms with Crippen molar-refractivity contribution in [2.24, 2.45) is 0 Å². The van der Waals surface area contributed by atoms with Gasteiger partial charge in [0.25, 0.3) is 0 Å². The average molecular weight is 1850 g/mol. The molecule has 10 aromatic rings. The molecule has 3 unspecified atom stereocenters. The second kappa shape index (κ2) is 43.6. The Labute approximate surface area is 644 Å². The zero-order valence-electron chi connectivity index (χ0n) is 57.2. The number of thiophene rings is 3. The summed E-state index contributed by atoms with van der Waals surface area (Å²) in [6.07, 6.45) is 6.22. The maximum Gasteiger partial charge on any atom is 0.339 e. The first-order valence-corrected chi connectivity index (χ1v) is 49.2. The fourth-order valence-corrected chi connectivity index (χ4v) is 23.5. The molecule has 7 aromatic carbocycles. The van der Waals surface area contributed by atoms with Crippen molar-refractivity contribution in [2.45, 2.75) is 129 Å². The number of alkyl halides is 1. The zero-order valence-corrected chi connectivity index (χ0v) is 71.3. The molecule has 0 amide bonds. The number of halogens is 11. The minimum atomic E-state index is -4.51. The third-order valence-corrected chi connectivity index (χ3v) is 28.7. The molecule has 3 atom stereocenters. The van der Waals surface area contributed by atoms with Crippen LogP contribution >= 0.6 is 136 Å². The zero-order chi connectivity index (χ0) is 74.7. The van der Waals surface area contributed by atoms with Crippen molar-refractivity contribution in [3.8, 4) is 0 Å². The van der Waals surface area contributed by atoms with Crippen LogP contribution in [0, 0.1) is 34.9 Å². The van der Waals surface area contributed by atoms with Crippen molar-refractivity contribution in [3.63, 3.8) is 0 Å². The van der Waals surface area contributed by atoms with Crippen LogP contribution in [0.4, 0.5) is 32.0 Å². The predicted octanol–water partition coefficient (Wildman–Crippen LogP) is 27.6. The van der Waals surface area contributed by atoms with Gasteiger partial charge in [-0.3, -0.25) is 13.7 Å². The Balaban J connectivity index is 0.000000245. The first-order valence-electron chi connectivity index (χ1n) is 32.6. The van der Waals surface area contributed by atoms with Crippen LogP contribution in [0.3, 0.4) is 0 Å². The summed E-state index contributed by atoms with van der Waals surface area (Å²) in [6, 6.07) is 43.4. The summed E-state index contributed by atoms with van der Waals surface area (Å²) in [4.78, 5) is 21.7. The second-order valence-electron chi connectivity index (χ2n) is 23.6. The highest BCUT2D eigenvalue weighted by molar-refractivity contribution is 9.26. The van der Waals surface area contributed by atoms with Gasteiger partial charge < -0.3 is 33.6 Å². The van der Waals surface area contributed by atoms with Gasteiger partial charge in [0.05, 0.1) is 26.4 Å². The maximum atomic E-state index is 14.2. The Morgan fingerprint density at radius 2 is 0.743 bits per heavy atom. The monoisotopic (exact) mass is 1850 g/mol. The Hall–Kier alpha value is -3.13. The summed E-state index contributed by atoms with van der Waals surface area (Å²) in [5, 5.41) is 4.03. The van der Waals surface area contributed by atoms with Crippen molar-refractivity contribution in [1.29, 1.82) is 0 Å². The Morgan fingerprint density at radius 1 is 0.446 bits per heavy atom. The summed E-state index contributed by atoms with van der Waals surface area (Å²) in [5.74, 6) is -5.71. The predicted molar refractivity (Wildman–Crippen MR) is 431 cm³/mol. The average Bonchev–Trinajstić information content (AvgIpc) is 1.68. The van der Waals surface area contributed by atoms with Gasteiger partial charge in [0.2, 0.25) is 0 Å². The molecule has 0 bridgehead atoms. The van der Waals surface area contributed by atoms with E-state index in [0.717, 1.165) is 122 Å². The lowest BCUT2D eigenvalue weighted by atomic mass is 10.1. The van der Waals surface area contributed by atoms with Gasteiger partial charge >= 0.3 is 22.8 Å². The summed E-state index contributed by atoms with van der Waals surface area (Å²) in [6.45, 7) is 16.7. The van der Waals surface area contributed by atoms with E-state index < -0.39 is 81.4 Å². The highest BCUT2D eigenvalue weighted by atomic mass is 79.9. The standard InChI is InChI=1S/C24H28BrF2O3PS.C20H20BrF2O3PS.C16H12BrF2O3PS.C6H7N.C4H9Br.C3H9BrSi/c1-3-5-13-29-31(28,30-14-6-4-2)21(16-17-11-12-19(26)20(27)15-17)24-23(25)18-9-7-8-10-22(18)32-24;1-3-25-27(24,26-4-2)17(12-13-9-10-15(22)16(23)11-13)20-19(21)14-7-5-6-8-18(14)28-20;17-15-10-3-1-2-4-14(10)24-16(15)13(23(20,21)22)8-9-5-6-11(18)12(19)7-9;7-6-4-2-1-3-5-6;1-2-3-4-5;1-5(2,3)4/h7-12,15,21H,3-6,13-14,16H2,1-2H3;5-11,17H,3-4,12H2,1-2H3;1-7,13H,8H2,(H2,20,21,22);1-5H,7H2;2-4H2,1H3;1-3H3. The summed E-state index contributed by atoms with van der Waals surface area (Å²) < 4.78 is 149. The molecule has 0 saturated heterocycles. The molecule has 0 spiro atoms. The van der Waals surface area contributed by atoms with Crippen molar-refractivity contribution in [1.82, 2.24) is 0 Å². The van der Waals surface area contributed by atoms with E-state index in [-0.39, 0.29) is 32.5 Å². The maximum absolute atomic E-state index is 14.2. The van der Waals surface area contributed by atoms with E-state index in [1.165, 1.54) is 65.1 Å². The van der Waals surface area contributed by atoms with Crippen LogP contribution in [-0.4, -0.2) is 48.2 Å². The molecule has 550 valence electrons. The summed E-state index contributed by atoms with van der Waals surface area (Å²) >= 11 is 21.8. The molecular formula is C73H85Br5F6NO9P3S3Si. The molecule has 28 heteroatoms. The minimum absolute atomic E-state index is 0.0904. The van der Waals surface area contributed by atoms with Crippen molar-refractivity contribution in [2.75, 3.05) is 37.5 Å². The Kier molecular flexibility index (Phi) is 38.2. The van der Waals surface area contributed by atoms with Crippen molar-refractivity contribution in [3.05, 3.63) is 237 Å². The molecule has 3 heterocycles. The molecular weight excluding hydrogens is 1770 g/mol. The summed E-state index contributed by atoms with van der Waals surface area (Å²) in [7, 11) is -11.7. The molecule has 0 fully saturated rings. The van der Waals surface area contributed by atoms with E-state index in [9.17, 15) is 49.8 Å². The number of hydrogen-bond acceptors (Lipinski definition) is 11. The van der Waals surface area contributed by atoms with Crippen LogP contribution in [-0.2, 0) is 51.1 Å². The molecule has 4 N–H and O–H groups in total. The van der Waals surface area contributed by atoms with Gasteiger partial charge in [0.15, 0.2) is 34.9 Å². The summed E-state index contributed by atoms with van der Waals surface area (Å²) in [5.41, 5.74) is 5.14. The van der Waals surface area contributed by atoms with Crippen LogP contribution < -0.4 is 5.73 Å². The van der Waals surface area contributed by atoms with Crippen molar-refractivity contribution < 1.29 is 67.9 Å². The first kappa shape index (κ1) is 88.5. The van der Waals surface area contributed by atoms with Gasteiger partial charge in [-0.15, -0.1) is 49.3 Å². The first-order chi connectivity index (χ1) is 47.9. The number of fused-ring (bicyclic) bond motifs is 3. The van der Waals surface area contributed by atoms with E-state index in [2.05, 4.69) is 106 Å². The van der Waals surface area contributed by atoms with Crippen LogP contribution in [0.25, 0.3) is 30.3 Å². The van der Waals surface area contributed by atoms with Gasteiger partial charge in [0, 0.05) is 69.3 Å². The fourth-order valence-electron chi connectivity index (χ4n) is 9.53. The van der Waals surface area contributed by atoms with E-state index in [0.29, 0.717) is 39.3 Å². The molecule has 0 radical (unpaired) electrons. The molecule has 0 saturated carbocycles. The molecule has 101 heavy (non-hydrogen) atoms. The van der Waals surface area contributed by atoms with Crippen LogP contribution in [0.1, 0.15) is 121 Å². The molecule has 0 aliphatic rings. The van der Waals surface area contributed by atoms with Gasteiger partial charge in [-0.25, -0.2) is 26.3 Å². The number of unbranched alkanes of at least 4 members (excludes halogenated alkanes) is 3. The third kappa shape index (κ3) is 27.9. The topological polar surface area (TPSA) is 155 Å². The molecule has 0 aliphatic carbocycles. The highest BCUT2D eigenvalue weighted by Crippen LogP contribution is 2.66. The lowest BCUT2D eigenvalue weighted by Crippen LogP contribution is -2.11. The van der Waals surface area contributed by atoms with Gasteiger partial charge in [-0.2, -0.15) is 0 Å². The second-order valence-corrected chi connectivity index (χ2v) is 47.6. The van der Waals surface area contributed by atoms with Gasteiger partial charge in [0.1, 0.15) is 23.7 Å². The van der Waals surface area contributed by atoms with Crippen molar-refractivity contribution >= 4 is 178 Å². The third-order valence-electron chi connectivity index (χ3n) is 14.4. The van der Waals surface area contributed by atoms with E-state index in [1.807, 2.05) is 117 Å². The largest absolute Gasteiger partial charge is 0.399 e. The molecule has 10 rings (SSSR count). The number of benzene rings is 7. The van der Waals surface area contributed by atoms with E-state index >= 15 is 0 Å². The number of rotatable bonds is 26. The molecule has 10 nitrogen and oxygen atoms in total. The van der Waals surface area contributed by atoms with Crippen LogP contribution in [0.2, 0.25) is 19.6 Å². The Bertz CT molecular complexity index is 4330. The molecule has 3 aromatic heterocycles. The normalized spacial score (nSPS) is 12.6. The quantitative estimate of drug-likeness (QED) is 0.00908. The SMILES string of the molecule is CCCCBr.CCCCOP(=O)(OCCCC)C(Cc1ccc(F)c(F)c1)c1sc2ccccc2c1Br.CCOP(=O)(OCC)C(Cc1ccc(F)c(F)c1)c1sc2ccccc2c1Br.C[Si](C)(C)Br.Nc1ccccc1.O=P(O)(O)C(Cc1ccc(F)c(F)c1)c1sc2ccccc2c1Br. The molecule has 0 aliphatic heterocycles. The lowest BCUT2D eigenvalue weighted by molar-refractivity contribution is 0.192. The Morgan fingerprint density at radius 3 is 1.00 bits per heavy atom. The van der Waals surface area contributed by atoms with Crippen LogP contribution in [0.5, 0.6) is 0 Å². The van der Waals surface area contributed by atoms with Gasteiger partial charge in [-0.1, -0.05) is 167 Å². The fraction of sp³-hybridized carbons (Fsp3) is 0.342. The smallest absolute Gasteiger partial charge is 0.339 e. The minimum Gasteiger partial charge on any atom is -0.399 e. The highest BCUT2D eigenvalue weighted by Gasteiger charge is 2.42. The van der Waals surface area contributed by atoms with E-state index in [1.54, 1.807) is 13.8 Å². The van der Waals surface area contributed by atoms with E-state index in [4.69, 9.17) is 23.8 Å². The number of hydrogen-bond donors (Lipinski definition) is 3.